The van der Waals surface area contributed by atoms with E-state index in [1.54, 1.807) is 31.2 Å². The highest BCUT2D eigenvalue weighted by atomic mass is 35.5. The number of nitro groups is 1. The molecule has 34 heavy (non-hydrogen) atoms. The number of esters is 1. The van der Waals surface area contributed by atoms with Crippen molar-refractivity contribution in [1.82, 2.24) is 10.2 Å². The van der Waals surface area contributed by atoms with Crippen LogP contribution in [0.15, 0.2) is 53.7 Å². The van der Waals surface area contributed by atoms with Crippen LogP contribution in [-0.2, 0) is 9.53 Å². The third kappa shape index (κ3) is 5.18. The average Bonchev–Trinajstić information content (AvgIpc) is 2.79. The van der Waals surface area contributed by atoms with E-state index < -0.39 is 22.8 Å². The summed E-state index contributed by atoms with van der Waals surface area (Å²) in [5.41, 5.74) is 2.15. The molecule has 1 aliphatic rings. The summed E-state index contributed by atoms with van der Waals surface area (Å²) < 4.78 is 5.27. The molecular weight excluding hydrogens is 480 g/mol. The van der Waals surface area contributed by atoms with E-state index >= 15 is 0 Å². The third-order valence-corrected chi connectivity index (χ3v) is 5.97. The van der Waals surface area contributed by atoms with Gasteiger partial charge in [-0.1, -0.05) is 23.7 Å². The summed E-state index contributed by atoms with van der Waals surface area (Å²) in [6.07, 6.45) is 0. The Labute approximate surface area is 206 Å². The maximum atomic E-state index is 12.7. The van der Waals surface area contributed by atoms with Crippen molar-refractivity contribution in [2.75, 3.05) is 18.5 Å². The number of rotatable bonds is 7. The van der Waals surface area contributed by atoms with Gasteiger partial charge in [-0.3, -0.25) is 14.9 Å². The zero-order chi connectivity index (χ0) is 25.0. The number of hydrogen-bond acceptors (Lipinski definition) is 6. The number of nitrogens with zero attached hydrogens (tertiary/aromatic N) is 2. The Morgan fingerprint density at radius 3 is 2.50 bits per heavy atom. The van der Waals surface area contributed by atoms with Gasteiger partial charge in [-0.25, -0.2) is 4.79 Å². The lowest BCUT2D eigenvalue weighted by molar-refractivity contribution is -0.384. The van der Waals surface area contributed by atoms with Crippen LogP contribution in [0.25, 0.3) is 0 Å². The fraction of sp³-hybridized carbons (Fsp3) is 0.261. The number of halogens is 1. The molecule has 1 unspecified atom stereocenters. The number of nitrogens with one attached hydrogen (secondary N) is 2. The number of amides is 1. The summed E-state index contributed by atoms with van der Waals surface area (Å²) in [6.45, 7) is 6.35. The number of benzene rings is 2. The van der Waals surface area contributed by atoms with E-state index in [4.69, 9.17) is 28.6 Å². The molecule has 3 rings (SSSR count). The highest BCUT2D eigenvalue weighted by molar-refractivity contribution is 7.80. The first kappa shape index (κ1) is 25.1. The fourth-order valence-corrected chi connectivity index (χ4v) is 4.21. The molecule has 0 fully saturated rings. The number of anilines is 1. The van der Waals surface area contributed by atoms with Crippen molar-refractivity contribution in [2.24, 2.45) is 0 Å². The standard InChI is InChI=1S/C23H23ClN4O5S/c1-4-27-13(3)19(22(30)33-5-2)20(26-23(27)34)14-6-9-16(10-7-14)25-21(29)15-8-11-17(24)18(12-15)28(31)32/h6-12,20H,4-5H2,1-3H3,(H,25,29)(H,26,34). The molecule has 1 amide bonds. The van der Waals surface area contributed by atoms with Crippen LogP contribution < -0.4 is 10.6 Å². The maximum absolute atomic E-state index is 12.7. The Bertz CT molecular complexity index is 1180. The maximum Gasteiger partial charge on any atom is 0.338 e. The van der Waals surface area contributed by atoms with E-state index in [9.17, 15) is 19.7 Å². The molecule has 0 spiro atoms. The molecule has 11 heteroatoms. The molecule has 1 aliphatic heterocycles. The van der Waals surface area contributed by atoms with Crippen LogP contribution in [0.5, 0.6) is 0 Å². The highest BCUT2D eigenvalue weighted by Crippen LogP contribution is 2.32. The molecule has 178 valence electrons. The second-order valence-electron chi connectivity index (χ2n) is 7.35. The van der Waals surface area contributed by atoms with Gasteiger partial charge in [0.2, 0.25) is 0 Å². The van der Waals surface area contributed by atoms with Gasteiger partial charge < -0.3 is 20.3 Å². The third-order valence-electron chi connectivity index (χ3n) is 5.31. The normalized spacial score (nSPS) is 15.6. The minimum Gasteiger partial charge on any atom is -0.463 e. The number of hydrogen-bond donors (Lipinski definition) is 2. The lowest BCUT2D eigenvalue weighted by Crippen LogP contribution is -2.47. The Balaban J connectivity index is 1.85. The molecule has 9 nitrogen and oxygen atoms in total. The van der Waals surface area contributed by atoms with Crippen molar-refractivity contribution < 1.29 is 19.2 Å². The quantitative estimate of drug-likeness (QED) is 0.244. The molecule has 0 radical (unpaired) electrons. The summed E-state index contributed by atoms with van der Waals surface area (Å²) in [5, 5.41) is 17.4. The van der Waals surface area contributed by atoms with Gasteiger partial charge in [-0.05, 0) is 62.8 Å². The van der Waals surface area contributed by atoms with Crippen LogP contribution >= 0.6 is 23.8 Å². The van der Waals surface area contributed by atoms with Crippen molar-refractivity contribution in [1.29, 1.82) is 0 Å². The van der Waals surface area contributed by atoms with Gasteiger partial charge in [0.05, 0.1) is 23.1 Å². The SMILES string of the molecule is CCOC(=O)C1=C(C)N(CC)C(=S)NC1c1ccc(NC(=O)c2ccc(Cl)c([N+](=O)[O-])c2)cc1. The largest absolute Gasteiger partial charge is 0.463 e. The van der Waals surface area contributed by atoms with Gasteiger partial charge in [0.15, 0.2) is 5.11 Å². The number of carbonyl (C=O) groups excluding carboxylic acids is 2. The van der Waals surface area contributed by atoms with E-state index in [1.807, 2.05) is 18.7 Å². The second kappa shape index (κ2) is 10.6. The van der Waals surface area contributed by atoms with Crippen LogP contribution in [0, 0.1) is 10.1 Å². The molecule has 1 heterocycles. The zero-order valence-electron chi connectivity index (χ0n) is 18.8. The molecule has 2 aromatic rings. The van der Waals surface area contributed by atoms with Crippen LogP contribution in [0.2, 0.25) is 5.02 Å². The topological polar surface area (TPSA) is 114 Å². The minimum atomic E-state index is -0.647. The monoisotopic (exact) mass is 502 g/mol. The van der Waals surface area contributed by atoms with Crippen molar-refractivity contribution in [3.8, 4) is 0 Å². The summed E-state index contributed by atoms with van der Waals surface area (Å²) in [4.78, 5) is 37.6. The molecular formula is C23H23ClN4O5S. The van der Waals surface area contributed by atoms with Gasteiger partial charge in [-0.15, -0.1) is 0 Å². The summed E-state index contributed by atoms with van der Waals surface area (Å²) in [6, 6.07) is 10.2. The van der Waals surface area contributed by atoms with E-state index in [0.717, 1.165) is 17.3 Å². The molecule has 0 aliphatic carbocycles. The number of nitro benzene ring substituents is 1. The Morgan fingerprint density at radius 1 is 1.24 bits per heavy atom. The first-order chi connectivity index (χ1) is 16.2. The minimum absolute atomic E-state index is 0.0498. The number of allylic oxidation sites excluding steroid dienone is 1. The first-order valence-electron chi connectivity index (χ1n) is 10.5. The Morgan fingerprint density at radius 2 is 1.91 bits per heavy atom. The van der Waals surface area contributed by atoms with E-state index in [1.165, 1.54) is 12.1 Å². The Hall–Kier alpha value is -3.50. The number of thiocarbonyl (C=S) groups is 1. The van der Waals surface area contributed by atoms with Gasteiger partial charge in [0.1, 0.15) is 5.02 Å². The molecule has 0 bridgehead atoms. The second-order valence-corrected chi connectivity index (χ2v) is 8.14. The van der Waals surface area contributed by atoms with Crippen LogP contribution in [-0.4, -0.2) is 40.0 Å². The summed E-state index contributed by atoms with van der Waals surface area (Å²) >= 11 is 11.3. The lowest BCUT2D eigenvalue weighted by atomic mass is 9.95. The van der Waals surface area contributed by atoms with E-state index in [2.05, 4.69) is 10.6 Å². The number of ether oxygens (including phenoxy) is 1. The smallest absolute Gasteiger partial charge is 0.338 e. The van der Waals surface area contributed by atoms with Crippen molar-refractivity contribution >= 4 is 52.2 Å². The van der Waals surface area contributed by atoms with Crippen molar-refractivity contribution in [3.05, 3.63) is 80.0 Å². The van der Waals surface area contributed by atoms with Gasteiger partial charge in [0, 0.05) is 29.6 Å². The molecule has 0 aromatic heterocycles. The average molecular weight is 503 g/mol. The van der Waals surface area contributed by atoms with Crippen molar-refractivity contribution in [3.63, 3.8) is 0 Å². The van der Waals surface area contributed by atoms with Gasteiger partial charge in [-0.2, -0.15) is 0 Å². The molecule has 2 N–H and O–H groups in total. The molecule has 1 atom stereocenters. The van der Waals surface area contributed by atoms with Crippen molar-refractivity contribution in [2.45, 2.75) is 26.8 Å². The highest BCUT2D eigenvalue weighted by Gasteiger charge is 2.34. The predicted octanol–water partition coefficient (Wildman–Crippen LogP) is 4.59. The van der Waals surface area contributed by atoms with Crippen LogP contribution in [0.4, 0.5) is 11.4 Å². The van der Waals surface area contributed by atoms with E-state index in [-0.39, 0.29) is 22.9 Å². The molecule has 2 aromatic carbocycles. The van der Waals surface area contributed by atoms with E-state index in [0.29, 0.717) is 22.9 Å². The lowest BCUT2D eigenvalue weighted by Gasteiger charge is -2.37. The summed E-state index contributed by atoms with van der Waals surface area (Å²) in [7, 11) is 0. The van der Waals surface area contributed by atoms with Crippen LogP contribution in [0.3, 0.4) is 0 Å². The predicted molar refractivity (Wildman–Crippen MR) is 133 cm³/mol. The molecule has 0 saturated heterocycles. The Kier molecular flexibility index (Phi) is 7.85. The van der Waals surface area contributed by atoms with Gasteiger partial charge >= 0.3 is 5.97 Å². The number of carbonyl (C=O) groups is 2. The fourth-order valence-electron chi connectivity index (χ4n) is 3.64. The van der Waals surface area contributed by atoms with Crippen LogP contribution in [0.1, 0.15) is 42.7 Å². The summed E-state index contributed by atoms with van der Waals surface area (Å²) in [5.74, 6) is -0.953. The zero-order valence-corrected chi connectivity index (χ0v) is 20.3. The van der Waals surface area contributed by atoms with Gasteiger partial charge in [0.25, 0.3) is 11.6 Å². The first-order valence-corrected chi connectivity index (χ1v) is 11.3. The molecule has 0 saturated carbocycles.